The van der Waals surface area contributed by atoms with Gasteiger partial charge in [0.15, 0.2) is 0 Å². The number of benzene rings is 1. The summed E-state index contributed by atoms with van der Waals surface area (Å²) in [7, 11) is 0. The normalized spacial score (nSPS) is 10.4. The summed E-state index contributed by atoms with van der Waals surface area (Å²) >= 11 is 1.51. The first-order valence-electron chi connectivity index (χ1n) is 6.27. The third kappa shape index (κ3) is 3.91. The Morgan fingerprint density at radius 2 is 1.95 bits per heavy atom. The van der Waals surface area contributed by atoms with Gasteiger partial charge in [-0.1, -0.05) is 30.3 Å². The Balaban J connectivity index is 1.98. The Kier molecular flexibility index (Phi) is 5.12. The largest absolute Gasteiger partial charge is 0.395 e. The molecule has 0 aliphatic carbocycles. The molecule has 2 aromatic rings. The number of thiophene rings is 1. The van der Waals surface area contributed by atoms with Crippen molar-refractivity contribution in [3.63, 3.8) is 0 Å². The van der Waals surface area contributed by atoms with Crippen LogP contribution in [0.4, 0.5) is 0 Å². The summed E-state index contributed by atoms with van der Waals surface area (Å²) in [6, 6.07) is 11.9. The molecule has 100 valence electrons. The number of hydrogen-bond donors (Lipinski definition) is 1. The molecule has 0 saturated heterocycles. The Labute approximate surface area is 117 Å². The summed E-state index contributed by atoms with van der Waals surface area (Å²) in [5.41, 5.74) is 1.90. The maximum atomic E-state index is 12.2. The van der Waals surface area contributed by atoms with E-state index in [1.54, 1.807) is 4.90 Å². The van der Waals surface area contributed by atoms with E-state index in [2.05, 4.69) is 0 Å². The maximum absolute atomic E-state index is 12.2. The molecule has 1 N–H and O–H groups in total. The van der Waals surface area contributed by atoms with E-state index in [-0.39, 0.29) is 12.5 Å². The Morgan fingerprint density at radius 1 is 1.16 bits per heavy atom. The van der Waals surface area contributed by atoms with E-state index in [9.17, 15) is 4.79 Å². The number of rotatable bonds is 6. The molecule has 1 aromatic carbocycles. The lowest BCUT2D eigenvalue weighted by Crippen LogP contribution is -2.35. The van der Waals surface area contributed by atoms with Crippen LogP contribution in [-0.2, 0) is 6.42 Å². The van der Waals surface area contributed by atoms with E-state index >= 15 is 0 Å². The van der Waals surface area contributed by atoms with Gasteiger partial charge in [-0.05, 0) is 23.4 Å². The standard InChI is InChI=1S/C15H17NO2S/c17-10-9-16(15(18)14-7-11-19-12-14)8-6-13-4-2-1-3-5-13/h1-5,7,11-12,17H,6,8-10H2. The first kappa shape index (κ1) is 13.8. The molecule has 19 heavy (non-hydrogen) atoms. The summed E-state index contributed by atoms with van der Waals surface area (Å²) < 4.78 is 0. The summed E-state index contributed by atoms with van der Waals surface area (Å²) in [4.78, 5) is 13.9. The van der Waals surface area contributed by atoms with Gasteiger partial charge in [0, 0.05) is 18.5 Å². The minimum atomic E-state index is -0.00926. The van der Waals surface area contributed by atoms with E-state index in [0.29, 0.717) is 18.7 Å². The van der Waals surface area contributed by atoms with Crippen LogP contribution in [0.1, 0.15) is 15.9 Å². The number of aliphatic hydroxyl groups excluding tert-OH is 1. The van der Waals surface area contributed by atoms with Gasteiger partial charge in [-0.25, -0.2) is 0 Å². The number of carbonyl (C=O) groups excluding carboxylic acids is 1. The first-order valence-corrected chi connectivity index (χ1v) is 7.22. The van der Waals surface area contributed by atoms with Crippen LogP contribution in [0, 0.1) is 0 Å². The highest BCUT2D eigenvalue weighted by Crippen LogP contribution is 2.10. The monoisotopic (exact) mass is 275 g/mol. The summed E-state index contributed by atoms with van der Waals surface area (Å²) in [6.07, 6.45) is 0.802. The molecule has 1 aromatic heterocycles. The van der Waals surface area contributed by atoms with Crippen molar-refractivity contribution in [2.75, 3.05) is 19.7 Å². The predicted molar refractivity (Wildman–Crippen MR) is 77.5 cm³/mol. The number of amides is 1. The van der Waals surface area contributed by atoms with Gasteiger partial charge in [0.05, 0.1) is 12.2 Å². The minimum absolute atomic E-state index is 0.00812. The maximum Gasteiger partial charge on any atom is 0.254 e. The average Bonchev–Trinajstić information content (AvgIpc) is 2.98. The smallest absolute Gasteiger partial charge is 0.254 e. The topological polar surface area (TPSA) is 40.5 Å². The van der Waals surface area contributed by atoms with Gasteiger partial charge in [-0.15, -0.1) is 0 Å². The molecule has 0 aliphatic heterocycles. The molecular formula is C15H17NO2S. The lowest BCUT2D eigenvalue weighted by atomic mass is 10.1. The third-order valence-electron chi connectivity index (χ3n) is 2.94. The second-order valence-corrected chi connectivity index (χ2v) is 5.04. The van der Waals surface area contributed by atoms with Crippen LogP contribution in [0.5, 0.6) is 0 Å². The molecule has 0 aliphatic rings. The molecule has 2 rings (SSSR count). The van der Waals surface area contributed by atoms with Crippen molar-refractivity contribution in [3.8, 4) is 0 Å². The van der Waals surface area contributed by atoms with Crippen molar-refractivity contribution < 1.29 is 9.90 Å². The summed E-state index contributed by atoms with van der Waals surface area (Å²) in [6.45, 7) is 0.992. The van der Waals surface area contributed by atoms with Crippen LogP contribution in [0.15, 0.2) is 47.2 Å². The fourth-order valence-electron chi connectivity index (χ4n) is 1.91. The second kappa shape index (κ2) is 7.07. The molecule has 0 unspecified atom stereocenters. The zero-order valence-corrected chi connectivity index (χ0v) is 11.5. The predicted octanol–water partition coefficient (Wildman–Crippen LogP) is 2.43. The number of nitrogens with zero attached hydrogens (tertiary/aromatic N) is 1. The molecule has 1 amide bonds. The number of aliphatic hydroxyl groups is 1. The van der Waals surface area contributed by atoms with Crippen molar-refractivity contribution in [2.45, 2.75) is 6.42 Å². The van der Waals surface area contributed by atoms with Crippen LogP contribution in [0.2, 0.25) is 0 Å². The van der Waals surface area contributed by atoms with E-state index in [1.807, 2.05) is 47.2 Å². The average molecular weight is 275 g/mol. The molecular weight excluding hydrogens is 258 g/mol. The molecule has 0 fully saturated rings. The molecule has 3 nitrogen and oxygen atoms in total. The van der Waals surface area contributed by atoms with Gasteiger partial charge in [0.2, 0.25) is 0 Å². The van der Waals surface area contributed by atoms with Crippen molar-refractivity contribution >= 4 is 17.2 Å². The van der Waals surface area contributed by atoms with Crippen molar-refractivity contribution in [1.29, 1.82) is 0 Å². The Morgan fingerprint density at radius 3 is 2.58 bits per heavy atom. The van der Waals surface area contributed by atoms with Crippen LogP contribution >= 0.6 is 11.3 Å². The Hall–Kier alpha value is -1.65. The van der Waals surface area contributed by atoms with Crippen LogP contribution in [-0.4, -0.2) is 35.6 Å². The van der Waals surface area contributed by atoms with Crippen molar-refractivity contribution in [1.82, 2.24) is 4.90 Å². The highest BCUT2D eigenvalue weighted by molar-refractivity contribution is 7.08. The van der Waals surface area contributed by atoms with Gasteiger partial charge in [-0.3, -0.25) is 4.79 Å². The van der Waals surface area contributed by atoms with E-state index in [0.717, 1.165) is 6.42 Å². The zero-order chi connectivity index (χ0) is 13.5. The highest BCUT2D eigenvalue weighted by Gasteiger charge is 2.15. The molecule has 0 saturated carbocycles. The van der Waals surface area contributed by atoms with Gasteiger partial charge >= 0.3 is 0 Å². The molecule has 4 heteroatoms. The van der Waals surface area contributed by atoms with E-state index in [4.69, 9.17) is 5.11 Å². The van der Waals surface area contributed by atoms with Gasteiger partial charge in [0.25, 0.3) is 5.91 Å². The van der Waals surface area contributed by atoms with Gasteiger partial charge in [-0.2, -0.15) is 11.3 Å². The zero-order valence-electron chi connectivity index (χ0n) is 10.7. The van der Waals surface area contributed by atoms with E-state index in [1.165, 1.54) is 16.9 Å². The second-order valence-electron chi connectivity index (χ2n) is 4.26. The van der Waals surface area contributed by atoms with Crippen LogP contribution in [0.25, 0.3) is 0 Å². The van der Waals surface area contributed by atoms with Gasteiger partial charge < -0.3 is 10.0 Å². The molecule has 1 heterocycles. The van der Waals surface area contributed by atoms with Crippen LogP contribution in [0.3, 0.4) is 0 Å². The molecule has 0 bridgehead atoms. The lowest BCUT2D eigenvalue weighted by molar-refractivity contribution is 0.0724. The van der Waals surface area contributed by atoms with Crippen LogP contribution < -0.4 is 0 Å². The fraction of sp³-hybridized carbons (Fsp3) is 0.267. The summed E-state index contributed by atoms with van der Waals surface area (Å²) in [5.74, 6) is -0.00812. The number of carbonyl (C=O) groups is 1. The van der Waals surface area contributed by atoms with Gasteiger partial charge in [0.1, 0.15) is 0 Å². The first-order chi connectivity index (χ1) is 9.31. The van der Waals surface area contributed by atoms with E-state index < -0.39 is 0 Å². The molecule has 0 atom stereocenters. The number of hydrogen-bond acceptors (Lipinski definition) is 3. The fourth-order valence-corrected chi connectivity index (χ4v) is 2.54. The highest BCUT2D eigenvalue weighted by atomic mass is 32.1. The minimum Gasteiger partial charge on any atom is -0.395 e. The SMILES string of the molecule is O=C(c1ccsc1)N(CCO)CCc1ccccc1. The molecule has 0 spiro atoms. The molecule has 0 radical (unpaired) electrons. The third-order valence-corrected chi connectivity index (χ3v) is 3.62. The lowest BCUT2D eigenvalue weighted by Gasteiger charge is -2.21. The van der Waals surface area contributed by atoms with Crippen molar-refractivity contribution in [3.05, 3.63) is 58.3 Å². The summed E-state index contributed by atoms with van der Waals surface area (Å²) in [5, 5.41) is 12.8. The quantitative estimate of drug-likeness (QED) is 0.879. The van der Waals surface area contributed by atoms with Crippen molar-refractivity contribution in [2.24, 2.45) is 0 Å². The Bertz CT molecular complexity index is 496.